The number of ether oxygens (including phenoxy) is 2. The minimum Gasteiger partial charge on any atom is -0.496 e. The van der Waals surface area contributed by atoms with Crippen LogP contribution in [0.2, 0.25) is 4.34 Å². The van der Waals surface area contributed by atoms with Crippen molar-refractivity contribution in [3.05, 3.63) is 93.8 Å². The van der Waals surface area contributed by atoms with Gasteiger partial charge in [0.1, 0.15) is 11.9 Å². The summed E-state index contributed by atoms with van der Waals surface area (Å²) in [6.45, 7) is 3.87. The number of carbonyl (C=O) groups is 1. The summed E-state index contributed by atoms with van der Waals surface area (Å²) in [7, 11) is 1.67. The molecule has 184 valence electrons. The van der Waals surface area contributed by atoms with Gasteiger partial charge in [-0.25, -0.2) is 4.79 Å². The molecule has 1 aromatic heterocycles. The summed E-state index contributed by atoms with van der Waals surface area (Å²) in [4.78, 5) is 13.6. The van der Waals surface area contributed by atoms with Gasteiger partial charge in [0.05, 0.1) is 22.0 Å². The quantitative estimate of drug-likeness (QED) is 0.265. The average molecular weight is 518 g/mol. The molecule has 0 saturated heterocycles. The van der Waals surface area contributed by atoms with E-state index in [-0.39, 0.29) is 6.10 Å². The fourth-order valence-electron chi connectivity index (χ4n) is 4.50. The smallest absolute Gasteiger partial charge is 0.412 e. The first-order chi connectivity index (χ1) is 17.4. The van der Waals surface area contributed by atoms with Crippen molar-refractivity contribution in [3.63, 3.8) is 0 Å². The molecule has 1 N–H and O–H groups in total. The molecule has 3 aromatic carbocycles. The van der Waals surface area contributed by atoms with Crippen molar-refractivity contribution in [1.29, 1.82) is 0 Å². The maximum absolute atomic E-state index is 12.7. The summed E-state index contributed by atoms with van der Waals surface area (Å²) in [5.41, 5.74) is 7.10. The SMILES string of the molecule is COc1cc(-c2sc(Cl)cc2NC(=O)OC(C)c2ccccc2C)ccc1-c1ccc(C2CC2)cc1. The molecule has 1 heterocycles. The lowest BCUT2D eigenvalue weighted by Gasteiger charge is -2.16. The van der Waals surface area contributed by atoms with Gasteiger partial charge < -0.3 is 9.47 Å². The molecule has 5 rings (SSSR count). The molecule has 1 aliphatic rings. The van der Waals surface area contributed by atoms with Gasteiger partial charge >= 0.3 is 6.09 Å². The largest absolute Gasteiger partial charge is 0.496 e. The van der Waals surface area contributed by atoms with E-state index in [9.17, 15) is 4.79 Å². The Balaban J connectivity index is 1.36. The molecule has 0 aliphatic heterocycles. The van der Waals surface area contributed by atoms with Crippen LogP contribution < -0.4 is 10.1 Å². The highest BCUT2D eigenvalue weighted by molar-refractivity contribution is 7.20. The molecule has 4 aromatic rings. The Morgan fingerprint density at radius 1 is 1.03 bits per heavy atom. The van der Waals surface area contributed by atoms with Crippen molar-refractivity contribution < 1.29 is 14.3 Å². The standard InChI is InChI=1S/C30H28ClNO3S/c1-18-6-4-5-7-24(18)19(2)35-30(33)32-26-17-28(31)36-29(26)23-14-15-25(27(16-23)34-3)22-12-10-21(11-13-22)20-8-9-20/h4-7,10-17,19-20H,8-9H2,1-3H3,(H,32,33). The highest BCUT2D eigenvalue weighted by Gasteiger charge is 2.23. The molecule has 0 spiro atoms. The van der Waals surface area contributed by atoms with Crippen molar-refractivity contribution >= 4 is 34.7 Å². The summed E-state index contributed by atoms with van der Waals surface area (Å²) in [5, 5.41) is 2.88. The van der Waals surface area contributed by atoms with Gasteiger partial charge in [0, 0.05) is 5.56 Å². The maximum Gasteiger partial charge on any atom is 0.412 e. The van der Waals surface area contributed by atoms with Crippen LogP contribution in [0.4, 0.5) is 10.5 Å². The van der Waals surface area contributed by atoms with Crippen molar-refractivity contribution in [3.8, 4) is 27.3 Å². The number of amides is 1. The lowest BCUT2D eigenvalue weighted by atomic mass is 9.99. The number of benzene rings is 3. The number of carbonyl (C=O) groups excluding carboxylic acids is 1. The van der Waals surface area contributed by atoms with E-state index in [1.165, 1.54) is 29.7 Å². The van der Waals surface area contributed by atoms with Crippen molar-refractivity contribution in [2.45, 2.75) is 38.7 Å². The number of nitrogens with one attached hydrogen (secondary N) is 1. The lowest BCUT2D eigenvalue weighted by molar-refractivity contribution is 0.121. The van der Waals surface area contributed by atoms with Gasteiger partial charge in [-0.1, -0.05) is 72.3 Å². The molecule has 6 heteroatoms. The maximum atomic E-state index is 12.7. The summed E-state index contributed by atoms with van der Waals surface area (Å²) in [6, 6.07) is 24.4. The van der Waals surface area contributed by atoms with Crippen molar-refractivity contribution in [1.82, 2.24) is 0 Å². The molecule has 0 radical (unpaired) electrons. The number of anilines is 1. The highest BCUT2D eigenvalue weighted by atomic mass is 35.5. The zero-order valence-corrected chi connectivity index (χ0v) is 22.1. The topological polar surface area (TPSA) is 47.6 Å². The minimum atomic E-state index is -0.527. The number of hydrogen-bond donors (Lipinski definition) is 1. The van der Waals surface area contributed by atoms with Crippen molar-refractivity contribution in [2.75, 3.05) is 12.4 Å². The summed E-state index contributed by atoms with van der Waals surface area (Å²) < 4.78 is 12.0. The molecule has 1 atom stereocenters. The van der Waals surface area contributed by atoms with Crippen LogP contribution in [-0.2, 0) is 4.74 Å². The predicted molar refractivity (Wildman–Crippen MR) is 148 cm³/mol. The predicted octanol–water partition coefficient (Wildman–Crippen LogP) is 9.24. The van der Waals surface area contributed by atoms with E-state index >= 15 is 0 Å². The van der Waals surface area contributed by atoms with Gasteiger partial charge in [-0.15, -0.1) is 11.3 Å². The van der Waals surface area contributed by atoms with Crippen LogP contribution in [0.3, 0.4) is 0 Å². The Morgan fingerprint density at radius 2 is 1.75 bits per heavy atom. The summed E-state index contributed by atoms with van der Waals surface area (Å²) in [6.07, 6.45) is 1.67. The molecule has 0 bridgehead atoms. The van der Waals surface area contributed by atoms with E-state index in [1.807, 2.05) is 50.2 Å². The van der Waals surface area contributed by atoms with Crippen LogP contribution in [0.5, 0.6) is 5.75 Å². The third-order valence-corrected chi connectivity index (χ3v) is 7.90. The zero-order valence-electron chi connectivity index (χ0n) is 20.5. The van der Waals surface area contributed by atoms with E-state index in [2.05, 4.69) is 35.6 Å². The first kappa shape index (κ1) is 24.4. The fourth-order valence-corrected chi connectivity index (χ4v) is 5.67. The Labute approximate surface area is 220 Å². The van der Waals surface area contributed by atoms with E-state index in [4.69, 9.17) is 21.1 Å². The molecule has 1 fully saturated rings. The van der Waals surface area contributed by atoms with Gasteiger partial charge in [-0.3, -0.25) is 5.32 Å². The lowest BCUT2D eigenvalue weighted by Crippen LogP contribution is -2.16. The average Bonchev–Trinajstić information content (AvgIpc) is 3.66. The molecule has 1 unspecified atom stereocenters. The summed E-state index contributed by atoms with van der Waals surface area (Å²) in [5.74, 6) is 1.49. The van der Waals surface area contributed by atoms with E-state index < -0.39 is 6.09 Å². The van der Waals surface area contributed by atoms with Crippen molar-refractivity contribution in [2.24, 2.45) is 0 Å². The van der Waals surface area contributed by atoms with E-state index in [0.717, 1.165) is 44.4 Å². The fraction of sp³-hybridized carbons (Fsp3) is 0.233. The first-order valence-corrected chi connectivity index (χ1v) is 13.2. The van der Waals surface area contributed by atoms with Crippen LogP contribution in [-0.4, -0.2) is 13.2 Å². The molecule has 4 nitrogen and oxygen atoms in total. The number of hydrogen-bond acceptors (Lipinski definition) is 4. The van der Waals surface area contributed by atoms with E-state index in [1.54, 1.807) is 13.2 Å². The van der Waals surface area contributed by atoms with Crippen LogP contribution in [0.25, 0.3) is 21.6 Å². The summed E-state index contributed by atoms with van der Waals surface area (Å²) >= 11 is 7.76. The monoisotopic (exact) mass is 517 g/mol. The van der Waals surface area contributed by atoms with Crippen LogP contribution in [0.15, 0.2) is 72.8 Å². The molecule has 36 heavy (non-hydrogen) atoms. The Morgan fingerprint density at radius 3 is 2.44 bits per heavy atom. The molecule has 1 saturated carbocycles. The number of rotatable bonds is 7. The van der Waals surface area contributed by atoms with Gasteiger partial charge in [0.2, 0.25) is 0 Å². The van der Waals surface area contributed by atoms with Gasteiger partial charge in [0.15, 0.2) is 0 Å². The molecular formula is C30H28ClNO3S. The highest BCUT2D eigenvalue weighted by Crippen LogP contribution is 2.44. The van der Waals surface area contributed by atoms with Gasteiger partial charge in [-0.05, 0) is 72.6 Å². The van der Waals surface area contributed by atoms with E-state index in [0.29, 0.717) is 10.0 Å². The second kappa shape index (κ2) is 10.4. The Bertz CT molecular complexity index is 1390. The first-order valence-electron chi connectivity index (χ1n) is 12.0. The van der Waals surface area contributed by atoms with Crippen LogP contribution >= 0.6 is 22.9 Å². The number of methoxy groups -OCH3 is 1. The molecular weight excluding hydrogens is 490 g/mol. The molecule has 1 aliphatic carbocycles. The normalized spacial score (nSPS) is 13.8. The second-order valence-electron chi connectivity index (χ2n) is 9.13. The van der Waals surface area contributed by atoms with Gasteiger partial charge in [0.25, 0.3) is 0 Å². The zero-order chi connectivity index (χ0) is 25.2. The molecule has 1 amide bonds. The number of aryl methyl sites for hydroxylation is 1. The van der Waals surface area contributed by atoms with Crippen LogP contribution in [0, 0.1) is 6.92 Å². The third-order valence-electron chi connectivity index (χ3n) is 6.58. The van der Waals surface area contributed by atoms with Crippen LogP contribution in [0.1, 0.15) is 48.5 Å². The number of halogens is 1. The minimum absolute atomic E-state index is 0.380. The Hall–Kier alpha value is -3.28. The van der Waals surface area contributed by atoms with Gasteiger partial charge in [-0.2, -0.15) is 0 Å². The third kappa shape index (κ3) is 5.28. The number of thiophene rings is 1. The Kier molecular flexibility index (Phi) is 7.04. The second-order valence-corrected chi connectivity index (χ2v) is 10.8.